The molecule has 3 rings (SSSR count). The fourth-order valence-electron chi connectivity index (χ4n) is 2.58. The predicted molar refractivity (Wildman–Crippen MR) is 95.2 cm³/mol. The third-order valence-electron chi connectivity index (χ3n) is 4.12. The molecule has 7 nitrogen and oxygen atoms in total. The van der Waals surface area contributed by atoms with Gasteiger partial charge >= 0.3 is 6.03 Å². The van der Waals surface area contributed by atoms with Gasteiger partial charge in [-0.05, 0) is 26.3 Å². The van der Waals surface area contributed by atoms with Gasteiger partial charge in [0.1, 0.15) is 5.01 Å². The van der Waals surface area contributed by atoms with Crippen LogP contribution in [0.4, 0.5) is 10.5 Å². The molecule has 2 N–H and O–H groups in total. The number of aromatic nitrogens is 4. The summed E-state index contributed by atoms with van der Waals surface area (Å²) in [4.78, 5) is 21.1. The van der Waals surface area contributed by atoms with Crippen LogP contribution in [0.2, 0.25) is 0 Å². The van der Waals surface area contributed by atoms with E-state index in [0.29, 0.717) is 5.69 Å². The zero-order chi connectivity index (χ0) is 17.3. The van der Waals surface area contributed by atoms with Crippen molar-refractivity contribution in [3.8, 4) is 0 Å². The van der Waals surface area contributed by atoms with Gasteiger partial charge in [-0.15, -0.1) is 11.3 Å². The third-order valence-corrected chi connectivity index (χ3v) is 5.16. The summed E-state index contributed by atoms with van der Waals surface area (Å²) in [7, 11) is 1.85. The highest BCUT2D eigenvalue weighted by molar-refractivity contribution is 7.09. The molecule has 126 valence electrons. The molecule has 2 amide bonds. The minimum atomic E-state index is -0.500. The highest BCUT2D eigenvalue weighted by Crippen LogP contribution is 2.26. The van der Waals surface area contributed by atoms with E-state index in [-0.39, 0.29) is 6.03 Å². The highest BCUT2D eigenvalue weighted by Gasteiger charge is 2.29. The number of fused-ring (bicyclic) bond motifs is 1. The molecular weight excluding hydrogens is 324 g/mol. The average molecular weight is 344 g/mol. The average Bonchev–Trinajstić information content (AvgIpc) is 3.17. The Morgan fingerprint density at radius 1 is 1.42 bits per heavy atom. The normalized spacial score (nSPS) is 13.7. The summed E-state index contributed by atoms with van der Waals surface area (Å²) in [5, 5.41) is 13.9. The number of thiazole rings is 1. The SMILES string of the molecule is CC[C@](C)(NC(=O)Nc1cnc2c(c1)c(C)nn2C)c1nccs1. The summed E-state index contributed by atoms with van der Waals surface area (Å²) in [5.74, 6) is 0. The lowest BCUT2D eigenvalue weighted by Crippen LogP contribution is -2.45. The maximum absolute atomic E-state index is 12.4. The van der Waals surface area contributed by atoms with Crippen LogP contribution in [0.1, 0.15) is 31.0 Å². The van der Waals surface area contributed by atoms with E-state index < -0.39 is 5.54 Å². The number of pyridine rings is 1. The summed E-state index contributed by atoms with van der Waals surface area (Å²) in [6.07, 6.45) is 4.12. The number of carbonyl (C=O) groups excluding carboxylic acids is 1. The molecule has 0 aliphatic heterocycles. The first-order valence-electron chi connectivity index (χ1n) is 7.71. The van der Waals surface area contributed by atoms with E-state index in [1.165, 1.54) is 11.3 Å². The standard InChI is InChI=1S/C16H20N6OS/c1-5-16(3,14-17-6-7-24-14)20-15(23)19-11-8-12-10(2)21-22(4)13(12)18-9-11/h6-9H,5H2,1-4H3,(H2,19,20,23)/t16-/m0/s1. The molecule has 0 saturated heterocycles. The lowest BCUT2D eigenvalue weighted by atomic mass is 10.0. The van der Waals surface area contributed by atoms with Crippen molar-refractivity contribution in [2.75, 3.05) is 5.32 Å². The molecule has 0 spiro atoms. The van der Waals surface area contributed by atoms with Crippen molar-refractivity contribution in [1.82, 2.24) is 25.1 Å². The van der Waals surface area contributed by atoms with Crippen LogP contribution >= 0.6 is 11.3 Å². The van der Waals surface area contributed by atoms with Gasteiger partial charge < -0.3 is 10.6 Å². The number of aryl methyl sites for hydroxylation is 2. The van der Waals surface area contributed by atoms with Crippen molar-refractivity contribution in [1.29, 1.82) is 0 Å². The van der Waals surface area contributed by atoms with Gasteiger partial charge in [-0.2, -0.15) is 5.10 Å². The predicted octanol–water partition coefficient (Wildman–Crippen LogP) is 3.18. The molecule has 24 heavy (non-hydrogen) atoms. The van der Waals surface area contributed by atoms with Gasteiger partial charge in [0.25, 0.3) is 0 Å². The molecule has 0 fully saturated rings. The van der Waals surface area contributed by atoms with E-state index in [9.17, 15) is 4.79 Å². The fraction of sp³-hybridized carbons (Fsp3) is 0.375. The first-order valence-corrected chi connectivity index (χ1v) is 8.59. The first kappa shape index (κ1) is 16.4. The van der Waals surface area contributed by atoms with Crippen molar-refractivity contribution in [2.45, 2.75) is 32.7 Å². The molecule has 0 saturated carbocycles. The van der Waals surface area contributed by atoms with Crippen LogP contribution in [0.3, 0.4) is 0 Å². The molecule has 0 bridgehead atoms. The Morgan fingerprint density at radius 3 is 2.88 bits per heavy atom. The van der Waals surface area contributed by atoms with Crippen molar-refractivity contribution in [2.24, 2.45) is 7.05 Å². The van der Waals surface area contributed by atoms with E-state index in [1.54, 1.807) is 17.1 Å². The van der Waals surface area contributed by atoms with Crippen LogP contribution in [0.15, 0.2) is 23.8 Å². The first-order chi connectivity index (χ1) is 11.4. The molecule has 3 aromatic rings. The minimum absolute atomic E-state index is 0.280. The van der Waals surface area contributed by atoms with Crippen LogP contribution in [0.25, 0.3) is 11.0 Å². The van der Waals surface area contributed by atoms with Gasteiger partial charge in [-0.1, -0.05) is 6.92 Å². The minimum Gasteiger partial charge on any atom is -0.326 e. The summed E-state index contributed by atoms with van der Waals surface area (Å²) >= 11 is 1.53. The molecule has 0 aromatic carbocycles. The molecule has 0 unspecified atom stereocenters. The number of amides is 2. The summed E-state index contributed by atoms with van der Waals surface area (Å²) in [6.45, 7) is 5.91. The van der Waals surface area contributed by atoms with Crippen LogP contribution in [0.5, 0.6) is 0 Å². The van der Waals surface area contributed by atoms with Gasteiger partial charge in [-0.25, -0.2) is 14.8 Å². The lowest BCUT2D eigenvalue weighted by molar-refractivity contribution is 0.238. The molecule has 0 aliphatic carbocycles. The molecule has 3 aromatic heterocycles. The van der Waals surface area contributed by atoms with Crippen molar-refractivity contribution < 1.29 is 4.79 Å². The second-order valence-corrected chi connectivity index (χ2v) is 6.80. The van der Waals surface area contributed by atoms with Crippen molar-refractivity contribution in [3.05, 3.63) is 34.5 Å². The van der Waals surface area contributed by atoms with Crippen molar-refractivity contribution in [3.63, 3.8) is 0 Å². The Hall–Kier alpha value is -2.48. The van der Waals surface area contributed by atoms with Gasteiger partial charge in [0, 0.05) is 24.0 Å². The maximum atomic E-state index is 12.4. The number of hydrogen-bond acceptors (Lipinski definition) is 5. The molecule has 3 heterocycles. The van der Waals surface area contributed by atoms with Gasteiger partial charge in [0.2, 0.25) is 0 Å². The Balaban J connectivity index is 1.78. The second-order valence-electron chi connectivity index (χ2n) is 5.91. The molecule has 0 radical (unpaired) electrons. The zero-order valence-corrected chi connectivity index (χ0v) is 14.9. The van der Waals surface area contributed by atoms with Gasteiger partial charge in [0.15, 0.2) is 5.65 Å². The van der Waals surface area contributed by atoms with Gasteiger partial charge in [-0.3, -0.25) is 4.68 Å². The number of anilines is 1. The molecular formula is C16H20N6OS. The monoisotopic (exact) mass is 344 g/mol. The number of nitrogens with zero attached hydrogens (tertiary/aromatic N) is 4. The van der Waals surface area contributed by atoms with E-state index in [1.807, 2.05) is 39.3 Å². The second kappa shape index (κ2) is 6.20. The number of urea groups is 1. The number of nitrogens with one attached hydrogen (secondary N) is 2. The highest BCUT2D eigenvalue weighted by atomic mass is 32.1. The smallest absolute Gasteiger partial charge is 0.320 e. The Bertz CT molecular complexity index is 872. The molecule has 0 aliphatic rings. The summed E-state index contributed by atoms with van der Waals surface area (Å²) < 4.78 is 1.73. The third kappa shape index (κ3) is 2.96. The summed E-state index contributed by atoms with van der Waals surface area (Å²) in [5.41, 5.74) is 1.80. The van der Waals surface area contributed by atoms with Crippen molar-refractivity contribution >= 4 is 34.1 Å². The Labute approximate surface area is 144 Å². The van der Waals surface area contributed by atoms with E-state index in [2.05, 4.69) is 25.7 Å². The number of hydrogen-bond donors (Lipinski definition) is 2. The topological polar surface area (TPSA) is 84.7 Å². The number of carbonyl (C=O) groups is 1. The maximum Gasteiger partial charge on any atom is 0.320 e. The van der Waals surface area contributed by atoms with Crippen LogP contribution in [-0.4, -0.2) is 25.8 Å². The van der Waals surface area contributed by atoms with Crippen LogP contribution < -0.4 is 10.6 Å². The molecule has 8 heteroatoms. The Kier molecular flexibility index (Phi) is 4.23. The van der Waals surface area contributed by atoms with Crippen LogP contribution in [0, 0.1) is 6.92 Å². The van der Waals surface area contributed by atoms with E-state index >= 15 is 0 Å². The quantitative estimate of drug-likeness (QED) is 0.761. The van der Waals surface area contributed by atoms with E-state index in [0.717, 1.165) is 28.2 Å². The largest absolute Gasteiger partial charge is 0.326 e. The van der Waals surface area contributed by atoms with Crippen LogP contribution in [-0.2, 0) is 12.6 Å². The lowest BCUT2D eigenvalue weighted by Gasteiger charge is -2.27. The summed E-state index contributed by atoms with van der Waals surface area (Å²) in [6, 6.07) is 1.61. The fourth-order valence-corrected chi connectivity index (χ4v) is 3.41. The number of rotatable bonds is 4. The Morgan fingerprint density at radius 2 is 2.21 bits per heavy atom. The molecule has 1 atom stereocenters. The van der Waals surface area contributed by atoms with E-state index in [4.69, 9.17) is 0 Å². The zero-order valence-electron chi connectivity index (χ0n) is 14.1. The van der Waals surface area contributed by atoms with Gasteiger partial charge in [0.05, 0.1) is 23.1 Å².